The molecule has 1 N–H and O–H groups in total. The van der Waals surface area contributed by atoms with E-state index in [0.717, 1.165) is 30.9 Å². The third-order valence-electron chi connectivity index (χ3n) is 3.83. The summed E-state index contributed by atoms with van der Waals surface area (Å²) in [6.07, 6.45) is 4.47. The molecule has 1 rings (SSSR count). The fourth-order valence-corrected chi connectivity index (χ4v) is 2.74. The fraction of sp³-hybridized carbons (Fsp3) is 1.00. The minimum absolute atomic E-state index is 0.367. The Hall–Kier alpha value is -0.0800. The van der Waals surface area contributed by atoms with Gasteiger partial charge in [-0.1, -0.05) is 27.2 Å². The van der Waals surface area contributed by atoms with E-state index in [1.54, 1.807) is 0 Å². The van der Waals surface area contributed by atoms with Crippen molar-refractivity contribution in [1.82, 2.24) is 5.32 Å². The zero-order chi connectivity index (χ0) is 12.8. The molecule has 1 aliphatic carbocycles. The molecule has 0 saturated heterocycles. The van der Waals surface area contributed by atoms with E-state index >= 15 is 0 Å². The summed E-state index contributed by atoms with van der Waals surface area (Å²) in [5.74, 6) is 2.45. The lowest BCUT2D eigenvalue weighted by molar-refractivity contribution is 0.0138. The lowest BCUT2D eigenvalue weighted by atomic mass is 9.75. The summed E-state index contributed by atoms with van der Waals surface area (Å²) in [6.45, 7) is 13.2. The van der Waals surface area contributed by atoms with E-state index in [1.807, 2.05) is 0 Å². The number of ether oxygens (including phenoxy) is 1. The first kappa shape index (κ1) is 15.0. The van der Waals surface area contributed by atoms with Crippen molar-refractivity contribution in [2.75, 3.05) is 13.2 Å². The smallest absolute Gasteiger partial charge is 0.0519 e. The van der Waals surface area contributed by atoms with Gasteiger partial charge in [-0.25, -0.2) is 0 Å². The van der Waals surface area contributed by atoms with Crippen LogP contribution in [0.1, 0.15) is 53.9 Å². The van der Waals surface area contributed by atoms with E-state index in [4.69, 9.17) is 4.74 Å². The minimum atomic E-state index is 0.367. The van der Waals surface area contributed by atoms with E-state index in [1.165, 1.54) is 19.3 Å². The number of rotatable bonds is 6. The first-order valence-corrected chi connectivity index (χ1v) is 7.34. The van der Waals surface area contributed by atoms with Gasteiger partial charge in [-0.2, -0.15) is 0 Å². The van der Waals surface area contributed by atoms with Crippen LogP contribution in [0.3, 0.4) is 0 Å². The second-order valence-corrected chi connectivity index (χ2v) is 6.38. The molecule has 0 radical (unpaired) electrons. The average Bonchev–Trinajstić information content (AvgIpc) is 2.24. The molecular formula is C15H31NO. The summed E-state index contributed by atoms with van der Waals surface area (Å²) < 4.78 is 5.84. The first-order valence-electron chi connectivity index (χ1n) is 7.34. The van der Waals surface area contributed by atoms with E-state index < -0.39 is 0 Å². The Kier molecular flexibility index (Phi) is 6.50. The highest BCUT2D eigenvalue weighted by Gasteiger charge is 2.28. The molecule has 0 heterocycles. The maximum absolute atomic E-state index is 5.84. The minimum Gasteiger partial charge on any atom is -0.378 e. The Balaban J connectivity index is 2.40. The van der Waals surface area contributed by atoms with E-state index in [9.17, 15) is 0 Å². The normalized spacial score (nSPS) is 30.2. The van der Waals surface area contributed by atoms with Gasteiger partial charge in [0.25, 0.3) is 0 Å². The molecule has 3 atom stereocenters. The van der Waals surface area contributed by atoms with E-state index in [2.05, 4.69) is 39.9 Å². The summed E-state index contributed by atoms with van der Waals surface area (Å²) in [4.78, 5) is 0. The molecule has 0 spiro atoms. The Morgan fingerprint density at radius 2 is 1.82 bits per heavy atom. The lowest BCUT2D eigenvalue weighted by Gasteiger charge is -2.35. The van der Waals surface area contributed by atoms with Gasteiger partial charge >= 0.3 is 0 Å². The number of hydrogen-bond acceptors (Lipinski definition) is 2. The highest BCUT2D eigenvalue weighted by atomic mass is 16.5. The SMILES string of the molecule is CC1CCC(CNC(C)C)C(COC(C)C)C1. The molecule has 0 aromatic carbocycles. The van der Waals surface area contributed by atoms with Crippen molar-refractivity contribution in [3.8, 4) is 0 Å². The molecule has 3 unspecified atom stereocenters. The van der Waals surface area contributed by atoms with Crippen LogP contribution in [0.25, 0.3) is 0 Å². The second kappa shape index (κ2) is 7.38. The van der Waals surface area contributed by atoms with Crippen molar-refractivity contribution in [3.05, 3.63) is 0 Å². The molecule has 17 heavy (non-hydrogen) atoms. The highest BCUT2D eigenvalue weighted by molar-refractivity contribution is 4.80. The van der Waals surface area contributed by atoms with Crippen LogP contribution in [-0.4, -0.2) is 25.3 Å². The third kappa shape index (κ3) is 5.87. The number of nitrogens with one attached hydrogen (secondary N) is 1. The Bertz CT molecular complexity index is 203. The summed E-state index contributed by atoms with van der Waals surface area (Å²) >= 11 is 0. The summed E-state index contributed by atoms with van der Waals surface area (Å²) in [7, 11) is 0. The van der Waals surface area contributed by atoms with Gasteiger partial charge < -0.3 is 10.1 Å². The molecule has 0 bridgehead atoms. The zero-order valence-electron chi connectivity index (χ0n) is 12.3. The quantitative estimate of drug-likeness (QED) is 0.769. The van der Waals surface area contributed by atoms with E-state index in [0.29, 0.717) is 12.1 Å². The molecule has 0 aromatic rings. The van der Waals surface area contributed by atoms with Crippen molar-refractivity contribution in [3.63, 3.8) is 0 Å². The molecule has 1 saturated carbocycles. The van der Waals surface area contributed by atoms with Crippen LogP contribution in [-0.2, 0) is 4.74 Å². The Morgan fingerprint density at radius 1 is 1.12 bits per heavy atom. The van der Waals surface area contributed by atoms with Crippen LogP contribution in [0.4, 0.5) is 0 Å². The summed E-state index contributed by atoms with van der Waals surface area (Å²) in [5, 5.41) is 3.59. The molecule has 0 aliphatic heterocycles. The predicted molar refractivity (Wildman–Crippen MR) is 74.2 cm³/mol. The largest absolute Gasteiger partial charge is 0.378 e. The van der Waals surface area contributed by atoms with Gasteiger partial charge in [0.1, 0.15) is 0 Å². The summed E-state index contributed by atoms with van der Waals surface area (Å²) in [6, 6.07) is 0.598. The van der Waals surface area contributed by atoms with Gasteiger partial charge in [-0.3, -0.25) is 0 Å². The molecule has 2 heteroatoms. The molecule has 1 fully saturated rings. The van der Waals surface area contributed by atoms with Crippen molar-refractivity contribution in [2.45, 2.75) is 66.0 Å². The molecule has 0 amide bonds. The third-order valence-corrected chi connectivity index (χ3v) is 3.83. The topological polar surface area (TPSA) is 21.3 Å². The van der Waals surface area contributed by atoms with Gasteiger partial charge in [0.15, 0.2) is 0 Å². The maximum Gasteiger partial charge on any atom is 0.0519 e. The van der Waals surface area contributed by atoms with Gasteiger partial charge in [-0.05, 0) is 51.0 Å². The highest BCUT2D eigenvalue weighted by Crippen LogP contribution is 2.33. The van der Waals surface area contributed by atoms with Crippen LogP contribution in [0, 0.1) is 17.8 Å². The number of hydrogen-bond donors (Lipinski definition) is 1. The molecule has 102 valence electrons. The lowest BCUT2D eigenvalue weighted by Crippen LogP contribution is -2.37. The van der Waals surface area contributed by atoms with Crippen LogP contribution in [0.5, 0.6) is 0 Å². The van der Waals surface area contributed by atoms with Crippen molar-refractivity contribution in [1.29, 1.82) is 0 Å². The van der Waals surface area contributed by atoms with Gasteiger partial charge in [-0.15, -0.1) is 0 Å². The van der Waals surface area contributed by atoms with Crippen molar-refractivity contribution >= 4 is 0 Å². The van der Waals surface area contributed by atoms with Crippen molar-refractivity contribution in [2.24, 2.45) is 17.8 Å². The molecular weight excluding hydrogens is 210 g/mol. The van der Waals surface area contributed by atoms with Crippen LogP contribution < -0.4 is 5.32 Å². The summed E-state index contributed by atoms with van der Waals surface area (Å²) in [5.41, 5.74) is 0. The molecule has 0 aromatic heterocycles. The zero-order valence-corrected chi connectivity index (χ0v) is 12.3. The van der Waals surface area contributed by atoms with Crippen LogP contribution >= 0.6 is 0 Å². The standard InChI is InChI=1S/C15H31NO/c1-11(2)16-9-14-7-6-13(5)8-15(14)10-17-12(3)4/h11-16H,6-10H2,1-5H3. The Labute approximate surface area is 108 Å². The fourth-order valence-electron chi connectivity index (χ4n) is 2.74. The van der Waals surface area contributed by atoms with E-state index in [-0.39, 0.29) is 0 Å². The van der Waals surface area contributed by atoms with Gasteiger partial charge in [0.2, 0.25) is 0 Å². The van der Waals surface area contributed by atoms with Crippen LogP contribution in [0.2, 0.25) is 0 Å². The maximum atomic E-state index is 5.84. The molecule has 1 aliphatic rings. The Morgan fingerprint density at radius 3 is 2.41 bits per heavy atom. The molecule has 2 nitrogen and oxygen atoms in total. The van der Waals surface area contributed by atoms with Crippen LogP contribution in [0.15, 0.2) is 0 Å². The predicted octanol–water partition coefficient (Wildman–Crippen LogP) is 3.46. The average molecular weight is 241 g/mol. The monoisotopic (exact) mass is 241 g/mol. The van der Waals surface area contributed by atoms with Gasteiger partial charge in [0, 0.05) is 6.04 Å². The van der Waals surface area contributed by atoms with Crippen molar-refractivity contribution < 1.29 is 4.74 Å². The second-order valence-electron chi connectivity index (χ2n) is 6.38. The van der Waals surface area contributed by atoms with Gasteiger partial charge in [0.05, 0.1) is 12.7 Å². The first-order chi connectivity index (χ1) is 7.99.